The van der Waals surface area contributed by atoms with Gasteiger partial charge in [-0.25, -0.2) is 0 Å². The number of aliphatic hydroxyl groups excluding tert-OH is 1. The number of benzene rings is 1. The maximum atomic E-state index is 12.9. The van der Waals surface area contributed by atoms with E-state index in [9.17, 15) is 23.1 Å². The number of hydrogen-bond acceptors (Lipinski definition) is 4. The first-order valence-electron chi connectivity index (χ1n) is 8.00. The van der Waals surface area contributed by atoms with E-state index in [4.69, 9.17) is 16.3 Å². The fourth-order valence-electron chi connectivity index (χ4n) is 3.18. The van der Waals surface area contributed by atoms with Gasteiger partial charge in [0.2, 0.25) is 0 Å². The van der Waals surface area contributed by atoms with Crippen LogP contribution in [0.3, 0.4) is 0 Å². The number of rotatable bonds is 3. The fourth-order valence-corrected chi connectivity index (χ4v) is 3.46. The van der Waals surface area contributed by atoms with Crippen molar-refractivity contribution in [2.45, 2.75) is 24.4 Å². The van der Waals surface area contributed by atoms with E-state index in [2.05, 4.69) is 4.98 Å². The minimum absolute atomic E-state index is 0.0695. The van der Waals surface area contributed by atoms with E-state index >= 15 is 0 Å². The van der Waals surface area contributed by atoms with Gasteiger partial charge >= 0.3 is 6.18 Å². The quantitative estimate of drug-likeness (QED) is 0.787. The molecule has 1 N–H and O–H groups in total. The van der Waals surface area contributed by atoms with E-state index in [1.165, 1.54) is 7.11 Å². The second-order valence-electron chi connectivity index (χ2n) is 6.19. The normalized spacial score (nSPS) is 20.3. The third-order valence-corrected chi connectivity index (χ3v) is 4.79. The average Bonchev–Trinajstić information content (AvgIpc) is 2.61. The van der Waals surface area contributed by atoms with E-state index in [1.807, 2.05) is 0 Å². The Morgan fingerprint density at radius 2 is 1.93 bits per heavy atom. The Hall–Kier alpha value is -2.54. The molecule has 0 bridgehead atoms. The van der Waals surface area contributed by atoms with E-state index in [0.29, 0.717) is 17.5 Å². The SMILES string of the molecule is COc1ccc([C@H]2CC(=O)C=C(O)[C@H]2c2ncc(C(F)(F)F)cc2Cl)cc1. The Morgan fingerprint density at radius 3 is 2.48 bits per heavy atom. The largest absolute Gasteiger partial charge is 0.511 e. The monoisotopic (exact) mass is 397 g/mol. The van der Waals surface area contributed by atoms with Crippen molar-refractivity contribution in [1.29, 1.82) is 0 Å². The molecule has 142 valence electrons. The minimum atomic E-state index is -4.58. The zero-order valence-corrected chi connectivity index (χ0v) is 14.9. The van der Waals surface area contributed by atoms with Crippen LogP contribution in [0, 0.1) is 0 Å². The first-order chi connectivity index (χ1) is 12.7. The molecule has 0 fully saturated rings. The lowest BCUT2D eigenvalue weighted by Gasteiger charge is -2.30. The van der Waals surface area contributed by atoms with Gasteiger partial charge in [0, 0.05) is 24.6 Å². The predicted octanol–water partition coefficient (Wildman–Crippen LogP) is 5.04. The van der Waals surface area contributed by atoms with E-state index in [-0.39, 0.29) is 28.7 Å². The van der Waals surface area contributed by atoms with Gasteiger partial charge < -0.3 is 9.84 Å². The second kappa shape index (κ2) is 7.23. The Kier molecular flexibility index (Phi) is 5.15. The smallest absolute Gasteiger partial charge is 0.417 e. The first kappa shape index (κ1) is 19.2. The number of hydrogen-bond donors (Lipinski definition) is 1. The fraction of sp³-hybridized carbons (Fsp3) is 0.263. The van der Waals surface area contributed by atoms with Crippen LogP contribution in [0.25, 0.3) is 0 Å². The molecule has 2 aromatic rings. The summed E-state index contributed by atoms with van der Waals surface area (Å²) in [6.07, 6.45) is -2.76. The zero-order chi connectivity index (χ0) is 19.8. The van der Waals surface area contributed by atoms with Gasteiger partial charge in [-0.3, -0.25) is 9.78 Å². The van der Waals surface area contributed by atoms with Crippen molar-refractivity contribution in [3.63, 3.8) is 0 Å². The number of alkyl halides is 3. The van der Waals surface area contributed by atoms with E-state index in [1.54, 1.807) is 24.3 Å². The van der Waals surface area contributed by atoms with Crippen molar-refractivity contribution < 1.29 is 27.8 Å². The number of allylic oxidation sites excluding steroid dienone is 2. The van der Waals surface area contributed by atoms with E-state index < -0.39 is 23.6 Å². The molecule has 2 atom stereocenters. The Bertz CT molecular complexity index is 894. The number of aliphatic hydroxyl groups is 1. The third-order valence-electron chi connectivity index (χ3n) is 4.49. The molecule has 27 heavy (non-hydrogen) atoms. The molecule has 0 unspecified atom stereocenters. The van der Waals surface area contributed by atoms with Gasteiger partial charge in [0.1, 0.15) is 11.5 Å². The van der Waals surface area contributed by atoms with Gasteiger partial charge in [-0.15, -0.1) is 0 Å². The molecule has 0 radical (unpaired) electrons. The average molecular weight is 398 g/mol. The number of halogens is 4. The van der Waals surface area contributed by atoms with Gasteiger partial charge in [-0.1, -0.05) is 23.7 Å². The van der Waals surface area contributed by atoms with Crippen LogP contribution in [-0.2, 0) is 11.0 Å². The highest BCUT2D eigenvalue weighted by Crippen LogP contribution is 2.45. The molecule has 0 amide bonds. The molecular formula is C19H15ClF3NO3. The number of methoxy groups -OCH3 is 1. The van der Waals surface area contributed by atoms with Gasteiger partial charge in [0.15, 0.2) is 5.78 Å². The summed E-state index contributed by atoms with van der Waals surface area (Å²) in [5, 5.41) is 10.2. The number of ketones is 1. The van der Waals surface area contributed by atoms with Crippen LogP contribution in [0.2, 0.25) is 5.02 Å². The van der Waals surface area contributed by atoms with E-state index in [0.717, 1.165) is 12.1 Å². The van der Waals surface area contributed by atoms with Gasteiger partial charge in [-0.05, 0) is 23.8 Å². The minimum Gasteiger partial charge on any atom is -0.511 e. The topological polar surface area (TPSA) is 59.4 Å². The lowest BCUT2D eigenvalue weighted by molar-refractivity contribution is -0.137. The summed E-state index contributed by atoms with van der Waals surface area (Å²) in [5.74, 6) is -1.29. The molecular weight excluding hydrogens is 383 g/mol. The predicted molar refractivity (Wildman–Crippen MR) is 93.1 cm³/mol. The Balaban J connectivity index is 2.06. The maximum Gasteiger partial charge on any atom is 0.417 e. The number of aromatic nitrogens is 1. The molecule has 0 saturated carbocycles. The van der Waals surface area contributed by atoms with Crippen LogP contribution in [0.15, 0.2) is 48.4 Å². The van der Waals surface area contributed by atoms with Crippen molar-refractivity contribution in [1.82, 2.24) is 4.98 Å². The van der Waals surface area contributed by atoms with Gasteiger partial charge in [0.05, 0.1) is 29.3 Å². The lowest BCUT2D eigenvalue weighted by Crippen LogP contribution is -2.23. The molecule has 1 aromatic carbocycles. The number of carbonyl (C=O) groups is 1. The van der Waals surface area contributed by atoms with Crippen LogP contribution in [0.5, 0.6) is 5.75 Å². The summed E-state index contributed by atoms with van der Waals surface area (Å²) >= 11 is 6.07. The number of pyridine rings is 1. The maximum absolute atomic E-state index is 12.9. The molecule has 0 saturated heterocycles. The highest BCUT2D eigenvalue weighted by molar-refractivity contribution is 6.31. The second-order valence-corrected chi connectivity index (χ2v) is 6.59. The van der Waals surface area contributed by atoms with Crippen molar-refractivity contribution in [2.24, 2.45) is 0 Å². The van der Waals surface area contributed by atoms with Crippen LogP contribution in [0.4, 0.5) is 13.2 Å². The summed E-state index contributed by atoms with van der Waals surface area (Å²) in [6.45, 7) is 0. The van der Waals surface area contributed by atoms with Gasteiger partial charge in [-0.2, -0.15) is 13.2 Å². The summed E-state index contributed by atoms with van der Waals surface area (Å²) in [7, 11) is 1.52. The van der Waals surface area contributed by atoms with Crippen molar-refractivity contribution in [2.75, 3.05) is 7.11 Å². The summed E-state index contributed by atoms with van der Waals surface area (Å²) in [5.41, 5.74) is -0.175. The molecule has 1 aromatic heterocycles. The summed E-state index contributed by atoms with van der Waals surface area (Å²) in [6, 6.07) is 7.65. The molecule has 4 nitrogen and oxygen atoms in total. The summed E-state index contributed by atoms with van der Waals surface area (Å²) in [4.78, 5) is 15.8. The zero-order valence-electron chi connectivity index (χ0n) is 14.1. The first-order valence-corrected chi connectivity index (χ1v) is 8.38. The van der Waals surface area contributed by atoms with Crippen LogP contribution in [0.1, 0.15) is 35.1 Å². The highest BCUT2D eigenvalue weighted by atomic mass is 35.5. The standard InChI is InChI=1S/C19H15ClF3NO3/c1-27-13-4-2-10(3-5-13)14-7-12(25)8-16(26)17(14)18-15(20)6-11(9-24-18)19(21,22)23/h2-6,8-9,14,17,26H,7H2,1H3/t14-,17+/m1/s1. The molecule has 1 aliphatic rings. The number of nitrogens with zero attached hydrogens (tertiary/aromatic N) is 1. The molecule has 1 aliphatic carbocycles. The molecule has 0 spiro atoms. The molecule has 0 aliphatic heterocycles. The molecule has 1 heterocycles. The van der Waals surface area contributed by atoms with Crippen LogP contribution < -0.4 is 4.74 Å². The highest BCUT2D eigenvalue weighted by Gasteiger charge is 2.38. The number of ether oxygens (including phenoxy) is 1. The van der Waals surface area contributed by atoms with Crippen molar-refractivity contribution in [3.05, 3.63) is 70.2 Å². The van der Waals surface area contributed by atoms with Crippen molar-refractivity contribution >= 4 is 17.4 Å². The van der Waals surface area contributed by atoms with Crippen LogP contribution >= 0.6 is 11.6 Å². The Labute approximate surface area is 158 Å². The van der Waals surface area contributed by atoms with Gasteiger partial charge in [0.25, 0.3) is 0 Å². The molecule has 3 rings (SSSR count). The van der Waals surface area contributed by atoms with Crippen molar-refractivity contribution in [3.8, 4) is 5.75 Å². The Morgan fingerprint density at radius 1 is 1.26 bits per heavy atom. The summed E-state index contributed by atoms with van der Waals surface area (Å²) < 4.78 is 43.7. The molecule has 8 heteroatoms. The third kappa shape index (κ3) is 3.93. The number of carbonyl (C=O) groups excluding carboxylic acids is 1. The lowest BCUT2D eigenvalue weighted by atomic mass is 9.75. The van der Waals surface area contributed by atoms with Crippen LogP contribution in [-0.4, -0.2) is 23.0 Å².